The minimum atomic E-state index is 0.0446. The molecule has 23 heavy (non-hydrogen) atoms. The van der Waals surface area contributed by atoms with Crippen LogP contribution in [0.15, 0.2) is 36.0 Å². The summed E-state index contributed by atoms with van der Waals surface area (Å²) in [4.78, 5) is 22.4. The van der Waals surface area contributed by atoms with Gasteiger partial charge >= 0.3 is 0 Å². The zero-order chi connectivity index (χ0) is 16.0. The first-order valence-electron chi connectivity index (χ1n) is 7.70. The van der Waals surface area contributed by atoms with Gasteiger partial charge in [-0.15, -0.1) is 11.3 Å². The van der Waals surface area contributed by atoms with Crippen molar-refractivity contribution >= 4 is 17.2 Å². The highest BCUT2D eigenvalue weighted by atomic mass is 32.1. The molecule has 1 amide bonds. The van der Waals surface area contributed by atoms with Gasteiger partial charge in [-0.1, -0.05) is 0 Å². The molecule has 0 radical (unpaired) electrons. The molecular weight excluding hydrogens is 308 g/mol. The lowest BCUT2D eigenvalue weighted by atomic mass is 10.1. The molecule has 0 fully saturated rings. The van der Waals surface area contributed by atoms with Crippen molar-refractivity contribution in [2.45, 2.75) is 26.4 Å². The number of nitrogens with zero attached hydrogens (tertiary/aromatic N) is 3. The molecule has 0 saturated heterocycles. The van der Waals surface area contributed by atoms with Crippen LogP contribution in [0.25, 0.3) is 11.3 Å². The summed E-state index contributed by atoms with van der Waals surface area (Å²) in [7, 11) is 0. The first-order valence-corrected chi connectivity index (χ1v) is 8.58. The third-order valence-corrected chi connectivity index (χ3v) is 5.20. The molecule has 0 aromatic carbocycles. The number of aromatic amines is 1. The monoisotopic (exact) mass is 326 g/mol. The van der Waals surface area contributed by atoms with Crippen molar-refractivity contribution in [2.75, 3.05) is 6.54 Å². The maximum Gasteiger partial charge on any atom is 0.270 e. The van der Waals surface area contributed by atoms with Crippen LogP contribution in [0, 0.1) is 6.92 Å². The summed E-state index contributed by atoms with van der Waals surface area (Å²) in [6.45, 7) is 5.64. The third kappa shape index (κ3) is 2.39. The van der Waals surface area contributed by atoms with E-state index in [1.807, 2.05) is 35.5 Å². The number of carbonyl (C=O) groups excluding carboxylic acids is 1. The van der Waals surface area contributed by atoms with Gasteiger partial charge in [0.25, 0.3) is 5.91 Å². The fraction of sp³-hybridized carbons (Fsp3) is 0.294. The van der Waals surface area contributed by atoms with Crippen LogP contribution in [-0.2, 0) is 6.54 Å². The van der Waals surface area contributed by atoms with Crippen molar-refractivity contribution in [3.8, 4) is 11.3 Å². The summed E-state index contributed by atoms with van der Waals surface area (Å²) in [5.74, 6) is 0.0446. The number of rotatable bonds is 2. The molecular formula is C17H18N4OS. The van der Waals surface area contributed by atoms with Gasteiger partial charge in [-0.2, -0.15) is 0 Å². The van der Waals surface area contributed by atoms with Gasteiger partial charge < -0.3 is 14.5 Å². The predicted octanol–water partition coefficient (Wildman–Crippen LogP) is 3.47. The molecule has 118 valence electrons. The first kappa shape index (κ1) is 14.3. The Labute approximate surface area is 138 Å². The van der Waals surface area contributed by atoms with Gasteiger partial charge in [0.15, 0.2) is 0 Å². The zero-order valence-corrected chi connectivity index (χ0v) is 13.9. The molecule has 3 aromatic rings. The normalized spacial score (nSPS) is 17.3. The number of aryl methyl sites for hydroxylation is 1. The molecule has 1 aliphatic rings. The Hall–Kier alpha value is -2.34. The van der Waals surface area contributed by atoms with E-state index >= 15 is 0 Å². The fourth-order valence-corrected chi connectivity index (χ4v) is 3.79. The van der Waals surface area contributed by atoms with Crippen LogP contribution in [-0.4, -0.2) is 31.9 Å². The molecule has 1 aliphatic heterocycles. The highest BCUT2D eigenvalue weighted by molar-refractivity contribution is 7.09. The van der Waals surface area contributed by atoms with Crippen molar-refractivity contribution in [3.63, 3.8) is 0 Å². The molecule has 5 nitrogen and oxygen atoms in total. The number of nitrogens with one attached hydrogen (secondary N) is 1. The van der Waals surface area contributed by atoms with E-state index < -0.39 is 0 Å². The predicted molar refractivity (Wildman–Crippen MR) is 90.5 cm³/mol. The quantitative estimate of drug-likeness (QED) is 0.784. The van der Waals surface area contributed by atoms with E-state index in [0.29, 0.717) is 5.69 Å². The molecule has 6 heteroatoms. The van der Waals surface area contributed by atoms with Crippen LogP contribution in [0.2, 0.25) is 0 Å². The molecule has 0 unspecified atom stereocenters. The van der Waals surface area contributed by atoms with E-state index in [2.05, 4.69) is 33.7 Å². The molecule has 1 atom stereocenters. The summed E-state index contributed by atoms with van der Waals surface area (Å²) >= 11 is 1.62. The Morgan fingerprint density at radius 1 is 1.43 bits per heavy atom. The Bertz CT molecular complexity index is 859. The average Bonchev–Trinajstić information content (AvgIpc) is 3.26. The second-order valence-electron chi connectivity index (χ2n) is 5.85. The summed E-state index contributed by atoms with van der Waals surface area (Å²) in [6, 6.07) is 6.11. The van der Waals surface area contributed by atoms with Crippen molar-refractivity contribution in [1.82, 2.24) is 19.4 Å². The lowest BCUT2D eigenvalue weighted by molar-refractivity contribution is 0.0638. The molecule has 0 saturated carbocycles. The smallest absolute Gasteiger partial charge is 0.270 e. The topological polar surface area (TPSA) is 53.9 Å². The second kappa shape index (κ2) is 5.38. The van der Waals surface area contributed by atoms with Crippen molar-refractivity contribution in [1.29, 1.82) is 0 Å². The fourth-order valence-electron chi connectivity index (χ4n) is 3.17. The lowest BCUT2D eigenvalue weighted by Crippen LogP contribution is -2.40. The number of hydrogen-bond donors (Lipinski definition) is 1. The van der Waals surface area contributed by atoms with Gasteiger partial charge in [0.1, 0.15) is 5.69 Å². The lowest BCUT2D eigenvalue weighted by Gasteiger charge is -2.34. The summed E-state index contributed by atoms with van der Waals surface area (Å²) < 4.78 is 2.21. The Morgan fingerprint density at radius 3 is 3.09 bits per heavy atom. The molecule has 1 N–H and O–H groups in total. The van der Waals surface area contributed by atoms with Gasteiger partial charge in [-0.3, -0.25) is 4.79 Å². The summed E-state index contributed by atoms with van der Waals surface area (Å²) in [5, 5.41) is 3.04. The molecule has 0 aliphatic carbocycles. The number of H-pyrrole nitrogens is 1. The summed E-state index contributed by atoms with van der Waals surface area (Å²) in [5.41, 5.74) is 3.69. The van der Waals surface area contributed by atoms with Crippen LogP contribution in [0.3, 0.4) is 0 Å². The number of carbonyl (C=O) groups is 1. The SMILES string of the molecule is Cc1nc(-c2c[nH]c(C(=O)N3CCn4cccc4[C@H]3C)c2)cs1. The van der Waals surface area contributed by atoms with E-state index in [1.54, 1.807) is 11.3 Å². The zero-order valence-electron chi connectivity index (χ0n) is 13.1. The van der Waals surface area contributed by atoms with Crippen molar-refractivity contribution in [2.24, 2.45) is 0 Å². The van der Waals surface area contributed by atoms with Gasteiger partial charge in [0.05, 0.1) is 16.7 Å². The number of thiazole rings is 1. The van der Waals surface area contributed by atoms with Crippen LogP contribution in [0.5, 0.6) is 0 Å². The number of amides is 1. The van der Waals surface area contributed by atoms with Crippen molar-refractivity contribution in [3.05, 3.63) is 52.4 Å². The van der Waals surface area contributed by atoms with E-state index in [4.69, 9.17) is 0 Å². The minimum absolute atomic E-state index is 0.0446. The molecule has 4 rings (SSSR count). The van der Waals surface area contributed by atoms with Gasteiger partial charge in [-0.25, -0.2) is 4.98 Å². The van der Waals surface area contributed by atoms with Crippen LogP contribution >= 0.6 is 11.3 Å². The molecule has 0 bridgehead atoms. The van der Waals surface area contributed by atoms with Crippen LogP contribution in [0.4, 0.5) is 0 Å². The largest absolute Gasteiger partial charge is 0.357 e. The van der Waals surface area contributed by atoms with E-state index in [0.717, 1.165) is 29.4 Å². The Morgan fingerprint density at radius 2 is 2.30 bits per heavy atom. The average molecular weight is 326 g/mol. The first-order chi connectivity index (χ1) is 11.1. The Balaban J connectivity index is 1.59. The molecule has 4 heterocycles. The highest BCUT2D eigenvalue weighted by Crippen LogP contribution is 2.28. The maximum atomic E-state index is 12.9. The van der Waals surface area contributed by atoms with Gasteiger partial charge in [-0.05, 0) is 32.0 Å². The van der Waals surface area contributed by atoms with Crippen LogP contribution < -0.4 is 0 Å². The van der Waals surface area contributed by atoms with E-state index in [-0.39, 0.29) is 11.9 Å². The third-order valence-electron chi connectivity index (χ3n) is 4.43. The molecule has 0 spiro atoms. The van der Waals surface area contributed by atoms with Crippen LogP contribution in [0.1, 0.15) is 34.2 Å². The van der Waals surface area contributed by atoms with Gasteiger partial charge in [0.2, 0.25) is 0 Å². The summed E-state index contributed by atoms with van der Waals surface area (Å²) in [6.07, 6.45) is 3.93. The number of fused-ring (bicyclic) bond motifs is 1. The Kier molecular flexibility index (Phi) is 3.34. The number of hydrogen-bond acceptors (Lipinski definition) is 3. The van der Waals surface area contributed by atoms with E-state index in [9.17, 15) is 4.79 Å². The highest BCUT2D eigenvalue weighted by Gasteiger charge is 2.28. The molecule has 3 aromatic heterocycles. The van der Waals surface area contributed by atoms with E-state index in [1.165, 1.54) is 5.69 Å². The standard InChI is InChI=1S/C17H18N4OS/c1-11-16-4-3-5-20(16)6-7-21(11)17(22)14-8-13(9-18-14)15-10-23-12(2)19-15/h3-5,8-11,18H,6-7H2,1-2H3/t11-/m1/s1. The number of aromatic nitrogens is 3. The maximum absolute atomic E-state index is 12.9. The van der Waals surface area contributed by atoms with Gasteiger partial charge in [0, 0.05) is 42.1 Å². The second-order valence-corrected chi connectivity index (χ2v) is 6.92. The minimum Gasteiger partial charge on any atom is -0.357 e. The van der Waals surface area contributed by atoms with Crippen molar-refractivity contribution < 1.29 is 4.79 Å².